The molecular formula is C7H4ClFN2. The minimum Gasteiger partial charge on any atom is -0.287 e. The highest BCUT2D eigenvalue weighted by atomic mass is 35.5. The van der Waals surface area contributed by atoms with Gasteiger partial charge >= 0.3 is 0 Å². The van der Waals surface area contributed by atoms with Crippen LogP contribution < -0.4 is 0 Å². The van der Waals surface area contributed by atoms with E-state index in [-0.39, 0.29) is 5.15 Å². The van der Waals surface area contributed by atoms with E-state index < -0.39 is 5.82 Å². The number of hydrogen-bond donors (Lipinski definition) is 0. The van der Waals surface area contributed by atoms with E-state index in [1.54, 1.807) is 12.3 Å². The van der Waals surface area contributed by atoms with Gasteiger partial charge in [0.2, 0.25) is 0 Å². The normalized spacial score (nSPS) is 10.7. The first kappa shape index (κ1) is 6.61. The predicted octanol–water partition coefficient (Wildman–Crippen LogP) is 2.13. The molecule has 11 heavy (non-hydrogen) atoms. The molecule has 0 amide bonds. The van der Waals surface area contributed by atoms with Gasteiger partial charge in [-0.1, -0.05) is 11.6 Å². The monoisotopic (exact) mass is 170 g/mol. The number of pyridine rings is 1. The molecule has 2 rings (SSSR count). The van der Waals surface area contributed by atoms with Crippen molar-refractivity contribution >= 4 is 17.1 Å². The standard InChI is InChI=1S/C7H4ClFN2/c8-7-6(9)2-1-5-3-10-4-11(5)7/h1-4H. The molecule has 0 spiro atoms. The van der Waals surface area contributed by atoms with Gasteiger partial charge < -0.3 is 0 Å². The molecule has 56 valence electrons. The van der Waals surface area contributed by atoms with Crippen molar-refractivity contribution < 1.29 is 4.39 Å². The summed E-state index contributed by atoms with van der Waals surface area (Å²) in [6.07, 6.45) is 3.09. The molecule has 0 saturated heterocycles. The van der Waals surface area contributed by atoms with Gasteiger partial charge in [0, 0.05) is 0 Å². The number of fused-ring (bicyclic) bond motifs is 1. The topological polar surface area (TPSA) is 17.3 Å². The van der Waals surface area contributed by atoms with Crippen LogP contribution in [0.25, 0.3) is 5.52 Å². The number of nitrogens with zero attached hydrogens (tertiary/aromatic N) is 2. The lowest BCUT2D eigenvalue weighted by Crippen LogP contribution is -1.87. The van der Waals surface area contributed by atoms with Gasteiger partial charge in [-0.25, -0.2) is 9.37 Å². The molecule has 0 aliphatic rings. The SMILES string of the molecule is Fc1ccc2cncn2c1Cl. The minimum atomic E-state index is -0.433. The third-order valence-electron chi connectivity index (χ3n) is 1.48. The van der Waals surface area contributed by atoms with Crippen LogP contribution in [-0.4, -0.2) is 9.38 Å². The fourth-order valence-electron chi connectivity index (χ4n) is 0.935. The summed E-state index contributed by atoms with van der Waals surface area (Å²) in [5, 5.41) is 0.0694. The Hall–Kier alpha value is -1.09. The molecule has 0 aliphatic carbocycles. The van der Waals surface area contributed by atoms with Crippen molar-refractivity contribution in [2.45, 2.75) is 0 Å². The van der Waals surface area contributed by atoms with Gasteiger partial charge in [0.25, 0.3) is 0 Å². The molecule has 0 saturated carbocycles. The Morgan fingerprint density at radius 3 is 3.09 bits per heavy atom. The van der Waals surface area contributed by atoms with E-state index >= 15 is 0 Å². The van der Waals surface area contributed by atoms with E-state index in [2.05, 4.69) is 4.98 Å². The molecule has 0 bridgehead atoms. The highest BCUT2D eigenvalue weighted by Crippen LogP contribution is 2.15. The van der Waals surface area contributed by atoms with Crippen LogP contribution in [0.5, 0.6) is 0 Å². The average Bonchev–Trinajstić information content (AvgIpc) is 2.45. The first-order chi connectivity index (χ1) is 5.29. The van der Waals surface area contributed by atoms with Gasteiger partial charge in [-0.05, 0) is 12.1 Å². The Labute approximate surface area is 67.2 Å². The minimum absolute atomic E-state index is 0.0694. The maximum absolute atomic E-state index is 12.7. The highest BCUT2D eigenvalue weighted by Gasteiger charge is 2.02. The number of halogens is 2. The number of rotatable bonds is 0. The summed E-state index contributed by atoms with van der Waals surface area (Å²) >= 11 is 5.62. The summed E-state index contributed by atoms with van der Waals surface area (Å²) in [7, 11) is 0. The van der Waals surface area contributed by atoms with E-state index in [1.165, 1.54) is 16.8 Å². The molecule has 0 fully saturated rings. The quantitative estimate of drug-likeness (QED) is 0.554. The Bertz CT molecular complexity index is 396. The summed E-state index contributed by atoms with van der Waals surface area (Å²) in [6, 6.07) is 2.94. The molecule has 0 unspecified atom stereocenters. The number of imidazole rings is 1. The van der Waals surface area contributed by atoms with Crippen LogP contribution >= 0.6 is 11.6 Å². The maximum Gasteiger partial charge on any atom is 0.159 e. The molecular weight excluding hydrogens is 167 g/mol. The fourth-order valence-corrected chi connectivity index (χ4v) is 1.14. The molecule has 2 heterocycles. The first-order valence-corrected chi connectivity index (χ1v) is 3.43. The molecule has 0 N–H and O–H groups in total. The van der Waals surface area contributed by atoms with Crippen LogP contribution in [0.4, 0.5) is 4.39 Å². The lowest BCUT2D eigenvalue weighted by atomic mass is 10.4. The second-order valence-corrected chi connectivity index (χ2v) is 2.52. The summed E-state index contributed by atoms with van der Waals surface area (Å²) in [6.45, 7) is 0. The van der Waals surface area contributed by atoms with Gasteiger partial charge in [0.1, 0.15) is 6.33 Å². The van der Waals surface area contributed by atoms with E-state index in [9.17, 15) is 4.39 Å². The van der Waals surface area contributed by atoms with Crippen molar-refractivity contribution in [3.8, 4) is 0 Å². The summed E-state index contributed by atoms with van der Waals surface area (Å²) in [5.74, 6) is -0.433. The van der Waals surface area contributed by atoms with Crippen LogP contribution in [-0.2, 0) is 0 Å². The highest BCUT2D eigenvalue weighted by molar-refractivity contribution is 6.29. The van der Waals surface area contributed by atoms with Crippen molar-refractivity contribution in [1.82, 2.24) is 9.38 Å². The van der Waals surface area contributed by atoms with E-state index in [0.29, 0.717) is 0 Å². The number of hydrogen-bond acceptors (Lipinski definition) is 1. The second kappa shape index (κ2) is 2.20. The molecule has 2 nitrogen and oxygen atoms in total. The van der Waals surface area contributed by atoms with Crippen molar-refractivity contribution in [1.29, 1.82) is 0 Å². The molecule has 0 radical (unpaired) electrons. The zero-order valence-electron chi connectivity index (χ0n) is 5.46. The molecule has 0 aromatic carbocycles. The van der Waals surface area contributed by atoms with Gasteiger partial charge in [-0.3, -0.25) is 4.40 Å². The van der Waals surface area contributed by atoms with Crippen LogP contribution in [0.1, 0.15) is 0 Å². The van der Waals surface area contributed by atoms with Crippen molar-refractivity contribution in [3.05, 3.63) is 35.6 Å². The first-order valence-electron chi connectivity index (χ1n) is 3.05. The maximum atomic E-state index is 12.7. The van der Waals surface area contributed by atoms with Gasteiger partial charge in [0.15, 0.2) is 11.0 Å². The van der Waals surface area contributed by atoms with Crippen LogP contribution in [0.3, 0.4) is 0 Å². The summed E-state index contributed by atoms with van der Waals surface area (Å²) in [5.41, 5.74) is 0.788. The van der Waals surface area contributed by atoms with Gasteiger partial charge in [-0.15, -0.1) is 0 Å². The molecule has 2 aromatic heterocycles. The van der Waals surface area contributed by atoms with E-state index in [4.69, 9.17) is 11.6 Å². The fraction of sp³-hybridized carbons (Fsp3) is 0. The molecule has 0 atom stereocenters. The smallest absolute Gasteiger partial charge is 0.159 e. The van der Waals surface area contributed by atoms with Crippen molar-refractivity contribution in [2.24, 2.45) is 0 Å². The van der Waals surface area contributed by atoms with Crippen LogP contribution in [0.2, 0.25) is 5.15 Å². The van der Waals surface area contributed by atoms with E-state index in [1.807, 2.05) is 0 Å². The lowest BCUT2D eigenvalue weighted by Gasteiger charge is -1.96. The van der Waals surface area contributed by atoms with Gasteiger partial charge in [0.05, 0.1) is 11.7 Å². The van der Waals surface area contributed by atoms with Gasteiger partial charge in [-0.2, -0.15) is 0 Å². The Morgan fingerprint density at radius 2 is 2.27 bits per heavy atom. The van der Waals surface area contributed by atoms with Crippen LogP contribution in [0, 0.1) is 5.82 Å². The molecule has 4 heteroatoms. The van der Waals surface area contributed by atoms with Crippen LogP contribution in [0.15, 0.2) is 24.7 Å². The molecule has 2 aromatic rings. The van der Waals surface area contributed by atoms with E-state index in [0.717, 1.165) is 5.52 Å². The lowest BCUT2D eigenvalue weighted by molar-refractivity contribution is 0.620. The Kier molecular flexibility index (Phi) is 1.32. The summed E-state index contributed by atoms with van der Waals surface area (Å²) in [4.78, 5) is 3.82. The third-order valence-corrected chi connectivity index (χ3v) is 1.84. The van der Waals surface area contributed by atoms with Crippen molar-refractivity contribution in [2.75, 3.05) is 0 Å². The van der Waals surface area contributed by atoms with Crippen molar-refractivity contribution in [3.63, 3.8) is 0 Å². The summed E-state index contributed by atoms with van der Waals surface area (Å²) < 4.78 is 14.2. The Balaban J connectivity index is 2.93. The second-order valence-electron chi connectivity index (χ2n) is 2.16. The zero-order chi connectivity index (χ0) is 7.84. The zero-order valence-corrected chi connectivity index (χ0v) is 6.22. The average molecular weight is 171 g/mol. The largest absolute Gasteiger partial charge is 0.287 e. The number of aromatic nitrogens is 2. The molecule has 0 aliphatic heterocycles. The predicted molar refractivity (Wildman–Crippen MR) is 40.2 cm³/mol. The third kappa shape index (κ3) is 0.886. The Morgan fingerprint density at radius 1 is 1.45 bits per heavy atom.